The summed E-state index contributed by atoms with van der Waals surface area (Å²) in [5.74, 6) is 11.3. The van der Waals surface area contributed by atoms with Gasteiger partial charge in [0.25, 0.3) is 0 Å². The third kappa shape index (κ3) is 3.70. The quantitative estimate of drug-likeness (QED) is 0.613. The van der Waals surface area contributed by atoms with Crippen LogP contribution in [0.15, 0.2) is 48.5 Å². The summed E-state index contributed by atoms with van der Waals surface area (Å²) >= 11 is 0. The molecule has 0 aliphatic carbocycles. The lowest BCUT2D eigenvalue weighted by atomic mass is 10.1. The van der Waals surface area contributed by atoms with Crippen LogP contribution in [0.4, 0.5) is 0 Å². The zero-order chi connectivity index (χ0) is 14.2. The SMILES string of the molecule is O=Cc1ccc(C#CC#Cc2ccc(C=O)cc2)cc1. The highest BCUT2D eigenvalue weighted by Gasteiger charge is 1.89. The Balaban J connectivity index is 2.08. The third-order valence-corrected chi connectivity index (χ3v) is 2.57. The van der Waals surface area contributed by atoms with Crippen molar-refractivity contribution in [3.05, 3.63) is 70.8 Å². The molecule has 2 rings (SSSR count). The normalized spacial score (nSPS) is 8.60. The molecule has 0 aliphatic heterocycles. The summed E-state index contributed by atoms with van der Waals surface area (Å²) in [6.45, 7) is 0. The van der Waals surface area contributed by atoms with Crippen molar-refractivity contribution in [2.75, 3.05) is 0 Å². The second-order valence-electron chi connectivity index (χ2n) is 3.98. The Morgan fingerprint density at radius 2 is 0.950 bits per heavy atom. The smallest absolute Gasteiger partial charge is 0.150 e. The van der Waals surface area contributed by atoms with E-state index < -0.39 is 0 Å². The zero-order valence-electron chi connectivity index (χ0n) is 10.6. The number of hydrogen-bond acceptors (Lipinski definition) is 2. The van der Waals surface area contributed by atoms with Gasteiger partial charge in [-0.2, -0.15) is 0 Å². The van der Waals surface area contributed by atoms with E-state index in [1.165, 1.54) is 0 Å². The summed E-state index contributed by atoms with van der Waals surface area (Å²) in [7, 11) is 0. The number of hydrogen-bond donors (Lipinski definition) is 0. The average molecular weight is 258 g/mol. The van der Waals surface area contributed by atoms with Crippen LogP contribution in [0.3, 0.4) is 0 Å². The maximum Gasteiger partial charge on any atom is 0.150 e. The molecule has 0 saturated carbocycles. The molecule has 0 N–H and O–H groups in total. The van der Waals surface area contributed by atoms with Crippen molar-refractivity contribution < 1.29 is 9.59 Å². The molecular formula is C18H10O2. The molecule has 0 unspecified atom stereocenters. The van der Waals surface area contributed by atoms with Gasteiger partial charge >= 0.3 is 0 Å². The standard InChI is InChI=1S/C18H10O2/c19-13-17-9-5-15(6-10-17)3-1-2-4-16-7-11-18(14-20)12-8-16/h5-14H. The first-order chi connectivity index (χ1) is 9.81. The third-order valence-electron chi connectivity index (χ3n) is 2.57. The highest BCUT2D eigenvalue weighted by molar-refractivity contribution is 5.75. The highest BCUT2D eigenvalue weighted by Crippen LogP contribution is 2.01. The van der Waals surface area contributed by atoms with Crippen LogP contribution >= 0.6 is 0 Å². The molecule has 94 valence electrons. The molecule has 0 saturated heterocycles. The minimum absolute atomic E-state index is 0.622. The number of carbonyl (C=O) groups is 2. The summed E-state index contributed by atoms with van der Waals surface area (Å²) < 4.78 is 0. The lowest BCUT2D eigenvalue weighted by molar-refractivity contribution is 0.111. The second-order valence-corrected chi connectivity index (χ2v) is 3.98. The van der Waals surface area contributed by atoms with E-state index in [9.17, 15) is 9.59 Å². The molecule has 2 nitrogen and oxygen atoms in total. The van der Waals surface area contributed by atoms with Crippen LogP contribution in [0, 0.1) is 23.7 Å². The molecule has 0 amide bonds. The minimum Gasteiger partial charge on any atom is -0.298 e. The zero-order valence-corrected chi connectivity index (χ0v) is 10.6. The van der Waals surface area contributed by atoms with Gasteiger partial charge in [0.2, 0.25) is 0 Å². The van der Waals surface area contributed by atoms with Crippen LogP contribution in [0.25, 0.3) is 0 Å². The second kappa shape index (κ2) is 6.73. The molecule has 2 aromatic rings. The van der Waals surface area contributed by atoms with Crippen molar-refractivity contribution in [3.63, 3.8) is 0 Å². The summed E-state index contributed by atoms with van der Waals surface area (Å²) in [6.07, 6.45) is 1.58. The summed E-state index contributed by atoms with van der Waals surface area (Å²) in [6, 6.07) is 13.9. The number of aldehydes is 2. The van der Waals surface area contributed by atoms with E-state index in [0.29, 0.717) is 11.1 Å². The van der Waals surface area contributed by atoms with Crippen LogP contribution in [-0.4, -0.2) is 12.6 Å². The molecule has 0 fully saturated rings. The molecular weight excluding hydrogens is 248 g/mol. The van der Waals surface area contributed by atoms with Gasteiger partial charge in [0.15, 0.2) is 0 Å². The van der Waals surface area contributed by atoms with E-state index in [1.54, 1.807) is 48.5 Å². The van der Waals surface area contributed by atoms with Gasteiger partial charge < -0.3 is 0 Å². The van der Waals surface area contributed by atoms with E-state index in [-0.39, 0.29) is 0 Å². The maximum atomic E-state index is 10.5. The number of carbonyl (C=O) groups excluding carboxylic acids is 2. The van der Waals surface area contributed by atoms with E-state index in [2.05, 4.69) is 23.7 Å². The Hall–Kier alpha value is -3.10. The molecule has 0 heterocycles. The Kier molecular flexibility index (Phi) is 4.49. The number of benzene rings is 2. The fourth-order valence-electron chi connectivity index (χ4n) is 1.50. The van der Waals surface area contributed by atoms with Crippen molar-refractivity contribution in [2.45, 2.75) is 0 Å². The Bertz CT molecular complexity index is 663. The van der Waals surface area contributed by atoms with E-state index >= 15 is 0 Å². The Labute approximate surface area is 117 Å². The van der Waals surface area contributed by atoms with Crippen molar-refractivity contribution in [3.8, 4) is 23.7 Å². The predicted octanol–water partition coefficient (Wildman–Crippen LogP) is 2.71. The minimum atomic E-state index is 0.622. The molecule has 0 aromatic heterocycles. The Morgan fingerprint density at radius 3 is 1.25 bits per heavy atom. The first-order valence-corrected chi connectivity index (χ1v) is 5.94. The van der Waals surface area contributed by atoms with Gasteiger partial charge in [-0.05, 0) is 36.1 Å². The van der Waals surface area contributed by atoms with Gasteiger partial charge in [-0.1, -0.05) is 36.1 Å². The van der Waals surface area contributed by atoms with Gasteiger partial charge in [0, 0.05) is 22.3 Å². The molecule has 0 spiro atoms. The van der Waals surface area contributed by atoms with E-state index in [4.69, 9.17) is 0 Å². The molecule has 0 atom stereocenters. The van der Waals surface area contributed by atoms with Gasteiger partial charge in [-0.25, -0.2) is 0 Å². The van der Waals surface area contributed by atoms with Crippen LogP contribution in [0.5, 0.6) is 0 Å². The summed E-state index contributed by atoms with van der Waals surface area (Å²) in [4.78, 5) is 21.0. The van der Waals surface area contributed by atoms with Crippen molar-refractivity contribution in [1.29, 1.82) is 0 Å². The molecule has 2 heteroatoms. The van der Waals surface area contributed by atoms with E-state index in [0.717, 1.165) is 23.7 Å². The first kappa shape index (κ1) is 13.3. The average Bonchev–Trinajstić information content (AvgIpc) is 2.53. The first-order valence-electron chi connectivity index (χ1n) is 5.94. The fourth-order valence-corrected chi connectivity index (χ4v) is 1.50. The topological polar surface area (TPSA) is 34.1 Å². The highest BCUT2D eigenvalue weighted by atomic mass is 16.1. The molecule has 2 aromatic carbocycles. The summed E-state index contributed by atoms with van der Waals surface area (Å²) in [5.41, 5.74) is 2.86. The Morgan fingerprint density at radius 1 is 0.600 bits per heavy atom. The van der Waals surface area contributed by atoms with Crippen LogP contribution in [0.1, 0.15) is 31.8 Å². The predicted molar refractivity (Wildman–Crippen MR) is 77.4 cm³/mol. The number of rotatable bonds is 2. The van der Waals surface area contributed by atoms with Crippen LogP contribution in [-0.2, 0) is 0 Å². The molecule has 20 heavy (non-hydrogen) atoms. The van der Waals surface area contributed by atoms with Gasteiger partial charge in [-0.15, -0.1) is 0 Å². The lowest BCUT2D eigenvalue weighted by Gasteiger charge is -1.90. The van der Waals surface area contributed by atoms with Gasteiger partial charge in [-0.3, -0.25) is 9.59 Å². The van der Waals surface area contributed by atoms with Crippen molar-refractivity contribution >= 4 is 12.6 Å². The fraction of sp³-hybridized carbons (Fsp3) is 0. The van der Waals surface area contributed by atoms with Gasteiger partial charge in [0.05, 0.1) is 0 Å². The van der Waals surface area contributed by atoms with Gasteiger partial charge in [0.1, 0.15) is 12.6 Å². The monoisotopic (exact) mass is 258 g/mol. The maximum absolute atomic E-state index is 10.5. The lowest BCUT2D eigenvalue weighted by Crippen LogP contribution is -1.80. The van der Waals surface area contributed by atoms with Crippen LogP contribution < -0.4 is 0 Å². The summed E-state index contributed by atoms with van der Waals surface area (Å²) in [5, 5.41) is 0. The van der Waals surface area contributed by atoms with Crippen molar-refractivity contribution in [1.82, 2.24) is 0 Å². The van der Waals surface area contributed by atoms with Crippen LogP contribution in [0.2, 0.25) is 0 Å². The largest absolute Gasteiger partial charge is 0.298 e. The molecule has 0 bridgehead atoms. The van der Waals surface area contributed by atoms with E-state index in [1.807, 2.05) is 0 Å². The molecule has 0 radical (unpaired) electrons. The molecule has 0 aliphatic rings. The van der Waals surface area contributed by atoms with Crippen molar-refractivity contribution in [2.24, 2.45) is 0 Å².